The first-order valence-electron chi connectivity index (χ1n) is 11.1. The van der Waals surface area contributed by atoms with Crippen molar-refractivity contribution in [3.05, 3.63) is 107 Å². The van der Waals surface area contributed by atoms with Crippen LogP contribution in [-0.2, 0) is 17.8 Å². The highest BCUT2D eigenvalue weighted by atomic mass is 35.5. The maximum atomic E-state index is 12.7. The van der Waals surface area contributed by atoms with E-state index in [9.17, 15) is 9.90 Å². The topological polar surface area (TPSA) is 49.8 Å². The molecule has 0 bridgehead atoms. The molecule has 5 heteroatoms. The normalized spacial score (nSPS) is 20.8. The molecular formula is C27H28ClNO3. The predicted molar refractivity (Wildman–Crippen MR) is 126 cm³/mol. The summed E-state index contributed by atoms with van der Waals surface area (Å²) in [4.78, 5) is 15.0. The molecule has 3 aromatic rings. The SMILES string of the molecule is O=C(O[C@@H]1CCC[C@@H](N(Cc2ccccc2)Cc2ccccc2)[C@H]1O)c1cccc(Cl)c1. The highest BCUT2D eigenvalue weighted by Crippen LogP contribution is 2.29. The number of halogens is 1. The minimum atomic E-state index is -0.765. The zero-order valence-corrected chi connectivity index (χ0v) is 18.7. The summed E-state index contributed by atoms with van der Waals surface area (Å²) in [5.74, 6) is -0.449. The van der Waals surface area contributed by atoms with Crippen LogP contribution < -0.4 is 0 Å². The summed E-state index contributed by atoms with van der Waals surface area (Å²) in [5.41, 5.74) is 2.78. The van der Waals surface area contributed by atoms with Crippen LogP contribution in [0.25, 0.3) is 0 Å². The molecule has 1 saturated carbocycles. The molecule has 0 aliphatic heterocycles. The quantitative estimate of drug-likeness (QED) is 0.485. The molecule has 0 aromatic heterocycles. The molecule has 1 aliphatic rings. The molecule has 0 heterocycles. The Balaban J connectivity index is 1.51. The summed E-state index contributed by atoms with van der Waals surface area (Å²) in [6.45, 7) is 1.43. The summed E-state index contributed by atoms with van der Waals surface area (Å²) in [6.07, 6.45) is 1.07. The molecular weight excluding hydrogens is 422 g/mol. The largest absolute Gasteiger partial charge is 0.456 e. The van der Waals surface area contributed by atoms with Gasteiger partial charge in [-0.2, -0.15) is 0 Å². The molecule has 0 spiro atoms. The molecule has 0 amide bonds. The van der Waals surface area contributed by atoms with Crippen LogP contribution in [0.3, 0.4) is 0 Å². The summed E-state index contributed by atoms with van der Waals surface area (Å²) >= 11 is 6.02. The van der Waals surface area contributed by atoms with Crippen LogP contribution in [0.1, 0.15) is 40.7 Å². The van der Waals surface area contributed by atoms with Crippen molar-refractivity contribution in [3.8, 4) is 0 Å². The second-order valence-electron chi connectivity index (χ2n) is 8.32. The van der Waals surface area contributed by atoms with Gasteiger partial charge < -0.3 is 9.84 Å². The Hall–Kier alpha value is -2.66. The first kappa shape index (κ1) is 22.5. The Labute approximate surface area is 194 Å². The van der Waals surface area contributed by atoms with Gasteiger partial charge in [-0.1, -0.05) is 78.3 Å². The van der Waals surface area contributed by atoms with Crippen molar-refractivity contribution >= 4 is 17.6 Å². The van der Waals surface area contributed by atoms with E-state index in [1.165, 1.54) is 11.1 Å². The summed E-state index contributed by atoms with van der Waals surface area (Å²) in [5, 5.41) is 11.7. The number of aliphatic hydroxyl groups is 1. The standard InChI is InChI=1S/C27H28ClNO3/c28-23-14-7-13-22(17-23)27(31)32-25-16-8-15-24(26(25)30)29(18-20-9-3-1-4-10-20)19-21-11-5-2-6-12-21/h1-7,9-14,17,24-26,30H,8,15-16,18-19H2/t24-,25-,26-/m1/s1. The van der Waals surface area contributed by atoms with Crippen LogP contribution in [0.5, 0.6) is 0 Å². The first-order valence-corrected chi connectivity index (χ1v) is 11.4. The maximum absolute atomic E-state index is 12.7. The maximum Gasteiger partial charge on any atom is 0.338 e. The van der Waals surface area contributed by atoms with Crippen LogP contribution in [0.15, 0.2) is 84.9 Å². The van der Waals surface area contributed by atoms with Crippen molar-refractivity contribution < 1.29 is 14.6 Å². The van der Waals surface area contributed by atoms with E-state index in [1.807, 2.05) is 36.4 Å². The zero-order chi connectivity index (χ0) is 22.3. The molecule has 166 valence electrons. The zero-order valence-electron chi connectivity index (χ0n) is 17.9. The van der Waals surface area contributed by atoms with Crippen LogP contribution in [0.4, 0.5) is 0 Å². The molecule has 0 radical (unpaired) electrons. The molecule has 3 atom stereocenters. The summed E-state index contributed by atoms with van der Waals surface area (Å²) in [6, 6.07) is 27.1. The highest BCUT2D eigenvalue weighted by Gasteiger charge is 2.38. The molecule has 32 heavy (non-hydrogen) atoms. The third kappa shape index (κ3) is 5.77. The van der Waals surface area contributed by atoms with Crippen molar-refractivity contribution in [1.29, 1.82) is 0 Å². The monoisotopic (exact) mass is 449 g/mol. The molecule has 0 unspecified atom stereocenters. The van der Waals surface area contributed by atoms with Crippen LogP contribution in [0, 0.1) is 0 Å². The van der Waals surface area contributed by atoms with Gasteiger partial charge in [0, 0.05) is 24.2 Å². The van der Waals surface area contributed by atoms with Gasteiger partial charge in [0.1, 0.15) is 12.2 Å². The van der Waals surface area contributed by atoms with Gasteiger partial charge in [0.05, 0.1) is 5.56 Å². The number of hydrogen-bond acceptors (Lipinski definition) is 4. The Morgan fingerprint density at radius 3 is 2.12 bits per heavy atom. The second-order valence-corrected chi connectivity index (χ2v) is 8.76. The number of ether oxygens (including phenoxy) is 1. The number of rotatable bonds is 7. The van der Waals surface area contributed by atoms with Gasteiger partial charge in [-0.05, 0) is 48.6 Å². The van der Waals surface area contributed by atoms with Gasteiger partial charge in [0.2, 0.25) is 0 Å². The average Bonchev–Trinajstić information content (AvgIpc) is 2.81. The van der Waals surface area contributed by atoms with Gasteiger partial charge in [-0.25, -0.2) is 4.79 Å². The van der Waals surface area contributed by atoms with Crippen molar-refractivity contribution in [2.45, 2.75) is 50.6 Å². The highest BCUT2D eigenvalue weighted by molar-refractivity contribution is 6.30. The van der Waals surface area contributed by atoms with Crippen molar-refractivity contribution in [1.82, 2.24) is 4.90 Å². The van der Waals surface area contributed by atoms with Gasteiger partial charge in [-0.3, -0.25) is 4.90 Å². The first-order chi connectivity index (χ1) is 15.6. The fourth-order valence-electron chi connectivity index (χ4n) is 4.39. The van der Waals surface area contributed by atoms with Gasteiger partial charge >= 0.3 is 5.97 Å². The number of aliphatic hydroxyl groups excluding tert-OH is 1. The number of carbonyl (C=O) groups is 1. The average molecular weight is 450 g/mol. The lowest BCUT2D eigenvalue weighted by Crippen LogP contribution is -2.51. The Bertz CT molecular complexity index is 970. The van der Waals surface area contributed by atoms with E-state index in [2.05, 4.69) is 29.2 Å². The van der Waals surface area contributed by atoms with E-state index in [1.54, 1.807) is 24.3 Å². The Kier molecular flexibility index (Phi) is 7.59. The Morgan fingerprint density at radius 1 is 0.906 bits per heavy atom. The second kappa shape index (κ2) is 10.8. The minimum Gasteiger partial charge on any atom is -0.456 e. The summed E-state index contributed by atoms with van der Waals surface area (Å²) < 4.78 is 5.75. The van der Waals surface area contributed by atoms with E-state index in [4.69, 9.17) is 16.3 Å². The lowest BCUT2D eigenvalue weighted by atomic mass is 9.88. The number of carbonyl (C=O) groups excluding carboxylic acids is 1. The van der Waals surface area contributed by atoms with Gasteiger partial charge in [0.15, 0.2) is 0 Å². The van der Waals surface area contributed by atoms with E-state index in [0.717, 1.165) is 12.8 Å². The lowest BCUT2D eigenvalue weighted by molar-refractivity contribution is -0.0793. The number of esters is 1. The Morgan fingerprint density at radius 2 is 1.53 bits per heavy atom. The van der Waals surface area contributed by atoms with Crippen molar-refractivity contribution in [2.75, 3.05) is 0 Å². The minimum absolute atomic E-state index is 0.110. The molecule has 4 nitrogen and oxygen atoms in total. The van der Waals surface area contributed by atoms with Gasteiger partial charge in [0.25, 0.3) is 0 Å². The van der Waals surface area contributed by atoms with Crippen molar-refractivity contribution in [3.63, 3.8) is 0 Å². The molecule has 0 saturated heterocycles. The third-order valence-electron chi connectivity index (χ3n) is 6.01. The predicted octanol–water partition coefficient (Wildman–Crippen LogP) is 5.48. The molecule has 4 rings (SSSR count). The van der Waals surface area contributed by atoms with E-state index in [0.29, 0.717) is 30.1 Å². The van der Waals surface area contributed by atoms with Crippen LogP contribution >= 0.6 is 11.6 Å². The lowest BCUT2D eigenvalue weighted by Gasteiger charge is -2.41. The fourth-order valence-corrected chi connectivity index (χ4v) is 4.58. The molecule has 1 fully saturated rings. The third-order valence-corrected chi connectivity index (χ3v) is 6.24. The van der Waals surface area contributed by atoms with E-state index in [-0.39, 0.29) is 6.04 Å². The number of hydrogen-bond donors (Lipinski definition) is 1. The molecule has 3 aromatic carbocycles. The van der Waals surface area contributed by atoms with Crippen LogP contribution in [-0.4, -0.2) is 34.2 Å². The van der Waals surface area contributed by atoms with E-state index < -0.39 is 18.2 Å². The fraction of sp³-hybridized carbons (Fsp3) is 0.296. The number of nitrogens with zero attached hydrogens (tertiary/aromatic N) is 1. The molecule has 1 N–H and O–H groups in total. The van der Waals surface area contributed by atoms with Crippen LogP contribution in [0.2, 0.25) is 5.02 Å². The van der Waals surface area contributed by atoms with Gasteiger partial charge in [-0.15, -0.1) is 0 Å². The van der Waals surface area contributed by atoms with E-state index >= 15 is 0 Å². The smallest absolute Gasteiger partial charge is 0.338 e. The molecule has 1 aliphatic carbocycles. The van der Waals surface area contributed by atoms with Crippen molar-refractivity contribution in [2.24, 2.45) is 0 Å². The number of benzene rings is 3. The summed E-state index contributed by atoms with van der Waals surface area (Å²) in [7, 11) is 0.